The van der Waals surface area contributed by atoms with Gasteiger partial charge in [-0.3, -0.25) is 15.0 Å². The molecule has 1 heterocycles. The molecule has 3 aromatic carbocycles. The molecule has 0 aromatic heterocycles. The SMILES string of the molecule is CCS(=O)(=O)NCN(C(=O)CCN1CCC(OC(=O)Nc2ccccc2-c2ccccc2)CC1)c1ccccc1. The van der Waals surface area contributed by atoms with Gasteiger partial charge in [0, 0.05) is 37.3 Å². The van der Waals surface area contributed by atoms with Crippen molar-refractivity contribution in [3.8, 4) is 11.1 Å². The molecule has 0 spiro atoms. The Labute approximate surface area is 236 Å². The molecule has 0 atom stereocenters. The third-order valence-corrected chi connectivity index (χ3v) is 8.22. The number of likely N-dealkylation sites (tertiary alicyclic amines) is 1. The molecule has 0 unspecified atom stereocenters. The van der Waals surface area contributed by atoms with Crippen LogP contribution in [0.4, 0.5) is 16.2 Å². The molecule has 4 rings (SSSR count). The molecule has 3 aromatic rings. The number of hydrogen-bond donors (Lipinski definition) is 2. The molecule has 9 nitrogen and oxygen atoms in total. The molecule has 1 saturated heterocycles. The number of sulfonamides is 1. The highest BCUT2D eigenvalue weighted by molar-refractivity contribution is 7.89. The molecular weight excluding hydrogens is 528 g/mol. The quantitative estimate of drug-likeness (QED) is 0.327. The molecule has 1 fully saturated rings. The molecule has 2 amide bonds. The summed E-state index contributed by atoms with van der Waals surface area (Å²) in [5.41, 5.74) is 3.26. The van der Waals surface area contributed by atoms with E-state index in [4.69, 9.17) is 4.74 Å². The van der Waals surface area contributed by atoms with E-state index in [-0.39, 0.29) is 30.9 Å². The number of carbonyl (C=O) groups excluding carboxylic acids is 2. The van der Waals surface area contributed by atoms with Crippen LogP contribution < -0.4 is 14.9 Å². The number of benzene rings is 3. The minimum atomic E-state index is -3.45. The summed E-state index contributed by atoms with van der Waals surface area (Å²) in [6.45, 7) is 3.36. The summed E-state index contributed by atoms with van der Waals surface area (Å²) in [4.78, 5) is 29.4. The largest absolute Gasteiger partial charge is 0.446 e. The van der Waals surface area contributed by atoms with Crippen LogP contribution in [0.5, 0.6) is 0 Å². The first-order chi connectivity index (χ1) is 19.3. The number of para-hydroxylation sites is 2. The molecule has 1 aliphatic heterocycles. The average molecular weight is 565 g/mol. The van der Waals surface area contributed by atoms with Gasteiger partial charge < -0.3 is 9.64 Å². The minimum Gasteiger partial charge on any atom is -0.446 e. The van der Waals surface area contributed by atoms with E-state index >= 15 is 0 Å². The number of ether oxygens (including phenoxy) is 1. The molecule has 2 N–H and O–H groups in total. The lowest BCUT2D eigenvalue weighted by atomic mass is 10.0. The monoisotopic (exact) mass is 564 g/mol. The standard InChI is InChI=1S/C30H36N4O5S/c1-2-40(37,38)31-23-34(25-13-7-4-8-14-25)29(35)19-22-33-20-17-26(18-21-33)39-30(36)32-28-16-10-9-15-27(28)24-11-5-3-6-12-24/h3-16,26,31H,2,17-23H2,1H3,(H,32,36). The number of amides is 2. The number of rotatable bonds is 11. The molecule has 0 aliphatic carbocycles. The number of nitrogens with zero attached hydrogens (tertiary/aromatic N) is 2. The van der Waals surface area contributed by atoms with Crippen molar-refractivity contribution < 1.29 is 22.7 Å². The Morgan fingerprint density at radius 3 is 2.23 bits per heavy atom. The van der Waals surface area contributed by atoms with Crippen LogP contribution in [0.1, 0.15) is 26.2 Å². The summed E-state index contributed by atoms with van der Waals surface area (Å²) in [6.07, 6.45) is 0.886. The van der Waals surface area contributed by atoms with E-state index in [1.165, 1.54) is 4.90 Å². The lowest BCUT2D eigenvalue weighted by Gasteiger charge is -2.32. The molecule has 10 heteroatoms. The second-order valence-electron chi connectivity index (χ2n) is 9.60. The van der Waals surface area contributed by atoms with E-state index in [0.29, 0.717) is 43.9 Å². The van der Waals surface area contributed by atoms with Gasteiger partial charge in [-0.25, -0.2) is 13.2 Å². The Morgan fingerprint density at radius 2 is 1.55 bits per heavy atom. The fourth-order valence-corrected chi connectivity index (χ4v) is 5.12. The van der Waals surface area contributed by atoms with Crippen LogP contribution in [0.15, 0.2) is 84.9 Å². The minimum absolute atomic E-state index is 0.0571. The van der Waals surface area contributed by atoms with Gasteiger partial charge in [-0.2, -0.15) is 4.72 Å². The zero-order chi connectivity index (χ0) is 28.4. The highest BCUT2D eigenvalue weighted by atomic mass is 32.2. The van der Waals surface area contributed by atoms with Crippen molar-refractivity contribution in [3.05, 3.63) is 84.9 Å². The number of carbonyl (C=O) groups is 2. The molecule has 0 radical (unpaired) electrons. The van der Waals surface area contributed by atoms with Crippen LogP contribution in [0.25, 0.3) is 11.1 Å². The molecule has 0 saturated carbocycles. The van der Waals surface area contributed by atoms with Crippen molar-refractivity contribution in [1.29, 1.82) is 0 Å². The van der Waals surface area contributed by atoms with E-state index < -0.39 is 16.1 Å². The summed E-state index contributed by atoms with van der Waals surface area (Å²) in [5.74, 6) is -0.224. The Kier molecular flexibility index (Phi) is 10.3. The smallest absolute Gasteiger partial charge is 0.411 e. The number of anilines is 2. The Hall–Kier alpha value is -3.73. The number of hydrogen-bond acceptors (Lipinski definition) is 6. The third kappa shape index (κ3) is 8.38. The fraction of sp³-hybridized carbons (Fsp3) is 0.333. The molecule has 212 valence electrons. The van der Waals surface area contributed by atoms with Crippen molar-refractivity contribution in [2.24, 2.45) is 0 Å². The van der Waals surface area contributed by atoms with Gasteiger partial charge in [0.25, 0.3) is 0 Å². The maximum absolute atomic E-state index is 13.1. The second-order valence-corrected chi connectivity index (χ2v) is 11.7. The van der Waals surface area contributed by atoms with Gasteiger partial charge in [0.2, 0.25) is 15.9 Å². The lowest BCUT2D eigenvalue weighted by Crippen LogP contribution is -2.44. The zero-order valence-electron chi connectivity index (χ0n) is 22.7. The summed E-state index contributed by atoms with van der Waals surface area (Å²) >= 11 is 0. The van der Waals surface area contributed by atoms with Crippen LogP contribution >= 0.6 is 0 Å². The second kappa shape index (κ2) is 14.1. The average Bonchev–Trinajstić information content (AvgIpc) is 2.98. The van der Waals surface area contributed by atoms with Gasteiger partial charge in [-0.05, 0) is 43.5 Å². The van der Waals surface area contributed by atoms with E-state index in [2.05, 4.69) is 14.9 Å². The zero-order valence-corrected chi connectivity index (χ0v) is 23.5. The van der Waals surface area contributed by atoms with Gasteiger partial charge in [0.05, 0.1) is 18.1 Å². The Bertz CT molecular complexity index is 1360. The van der Waals surface area contributed by atoms with Crippen LogP contribution in [0.3, 0.4) is 0 Å². The van der Waals surface area contributed by atoms with Crippen LogP contribution in [-0.4, -0.2) is 63.5 Å². The highest BCUT2D eigenvalue weighted by Gasteiger charge is 2.24. The van der Waals surface area contributed by atoms with Gasteiger partial charge in [0.15, 0.2) is 0 Å². The number of nitrogens with one attached hydrogen (secondary N) is 2. The van der Waals surface area contributed by atoms with Crippen molar-refractivity contribution in [3.63, 3.8) is 0 Å². The van der Waals surface area contributed by atoms with Crippen molar-refractivity contribution in [1.82, 2.24) is 9.62 Å². The topological polar surface area (TPSA) is 108 Å². The Morgan fingerprint density at radius 1 is 0.925 bits per heavy atom. The summed E-state index contributed by atoms with van der Waals surface area (Å²) in [7, 11) is -3.45. The first kappa shape index (κ1) is 29.3. The first-order valence-electron chi connectivity index (χ1n) is 13.5. The van der Waals surface area contributed by atoms with Crippen LogP contribution in [0.2, 0.25) is 0 Å². The van der Waals surface area contributed by atoms with Crippen molar-refractivity contribution in [2.45, 2.75) is 32.3 Å². The lowest BCUT2D eigenvalue weighted by molar-refractivity contribution is -0.119. The van der Waals surface area contributed by atoms with Crippen molar-refractivity contribution in [2.75, 3.05) is 42.3 Å². The normalized spacial score (nSPS) is 14.4. The predicted octanol–water partition coefficient (Wildman–Crippen LogP) is 4.69. The number of piperidine rings is 1. The summed E-state index contributed by atoms with van der Waals surface area (Å²) < 4.78 is 32.1. The van der Waals surface area contributed by atoms with Gasteiger partial charge in [0.1, 0.15) is 6.10 Å². The van der Waals surface area contributed by atoms with E-state index in [1.807, 2.05) is 72.8 Å². The molecule has 40 heavy (non-hydrogen) atoms. The maximum Gasteiger partial charge on any atom is 0.411 e. The summed E-state index contributed by atoms with van der Waals surface area (Å²) in [5, 5.41) is 2.89. The maximum atomic E-state index is 13.1. The highest BCUT2D eigenvalue weighted by Crippen LogP contribution is 2.28. The third-order valence-electron chi connectivity index (χ3n) is 6.89. The van der Waals surface area contributed by atoms with E-state index in [1.54, 1.807) is 19.1 Å². The van der Waals surface area contributed by atoms with Crippen LogP contribution in [-0.2, 0) is 19.6 Å². The molecular formula is C30H36N4O5S. The molecule has 1 aliphatic rings. The predicted molar refractivity (Wildman–Crippen MR) is 157 cm³/mol. The van der Waals surface area contributed by atoms with Crippen molar-refractivity contribution >= 4 is 33.4 Å². The first-order valence-corrected chi connectivity index (χ1v) is 15.2. The molecule has 0 bridgehead atoms. The van der Waals surface area contributed by atoms with E-state index in [9.17, 15) is 18.0 Å². The fourth-order valence-electron chi connectivity index (χ4n) is 4.59. The Balaban J connectivity index is 1.25. The van der Waals surface area contributed by atoms with Gasteiger partial charge in [-0.1, -0.05) is 66.7 Å². The van der Waals surface area contributed by atoms with Crippen LogP contribution in [0, 0.1) is 0 Å². The van der Waals surface area contributed by atoms with E-state index in [0.717, 1.165) is 11.1 Å². The van der Waals surface area contributed by atoms with Gasteiger partial charge >= 0.3 is 6.09 Å². The van der Waals surface area contributed by atoms with Gasteiger partial charge in [-0.15, -0.1) is 0 Å². The summed E-state index contributed by atoms with van der Waals surface area (Å²) in [6, 6.07) is 26.5.